The summed E-state index contributed by atoms with van der Waals surface area (Å²) in [5, 5.41) is 13.5. The van der Waals surface area contributed by atoms with Gasteiger partial charge < -0.3 is 19.4 Å². The van der Waals surface area contributed by atoms with E-state index in [1.807, 2.05) is 0 Å². The number of rotatable bonds is 4. The van der Waals surface area contributed by atoms with Gasteiger partial charge in [-0.2, -0.15) is 0 Å². The van der Waals surface area contributed by atoms with Gasteiger partial charge in [0, 0.05) is 30.5 Å². The van der Waals surface area contributed by atoms with Gasteiger partial charge in [0.2, 0.25) is 12.5 Å². The Labute approximate surface area is 160 Å². The van der Waals surface area contributed by atoms with E-state index < -0.39 is 0 Å². The van der Waals surface area contributed by atoms with Crippen molar-refractivity contribution >= 4 is 5.71 Å². The number of hydrogen-bond acceptors (Lipinski definition) is 6. The number of oxime groups is 1. The molecule has 0 unspecified atom stereocenters. The second-order valence-corrected chi connectivity index (χ2v) is 7.78. The van der Waals surface area contributed by atoms with Crippen LogP contribution in [0.3, 0.4) is 0 Å². The molecular formula is C21H28N2O4. The largest absolute Gasteiger partial charge is 0.492 e. The maximum Gasteiger partial charge on any atom is 0.231 e. The first-order valence-corrected chi connectivity index (χ1v) is 9.68. The van der Waals surface area contributed by atoms with Crippen molar-refractivity contribution in [2.75, 3.05) is 27.5 Å². The van der Waals surface area contributed by atoms with Crippen LogP contribution in [0.15, 0.2) is 22.9 Å². The molecule has 0 saturated heterocycles. The van der Waals surface area contributed by atoms with Crippen LogP contribution in [0.25, 0.3) is 0 Å². The van der Waals surface area contributed by atoms with Gasteiger partial charge in [0.1, 0.15) is 0 Å². The lowest BCUT2D eigenvalue weighted by molar-refractivity contribution is 0.170. The van der Waals surface area contributed by atoms with E-state index in [9.17, 15) is 5.21 Å². The number of fused-ring (bicyclic) bond motifs is 2. The fourth-order valence-electron chi connectivity index (χ4n) is 4.54. The van der Waals surface area contributed by atoms with Gasteiger partial charge in [0.05, 0.1) is 12.8 Å². The van der Waals surface area contributed by atoms with Crippen molar-refractivity contribution in [2.24, 2.45) is 11.1 Å². The van der Waals surface area contributed by atoms with Gasteiger partial charge in [-0.1, -0.05) is 16.8 Å². The molecule has 0 aromatic heterocycles. The summed E-state index contributed by atoms with van der Waals surface area (Å²) in [7, 11) is 3.80. The van der Waals surface area contributed by atoms with Gasteiger partial charge in [0.25, 0.3) is 0 Å². The molecule has 0 bridgehead atoms. The summed E-state index contributed by atoms with van der Waals surface area (Å²) in [6, 6.07) is 2.18. The van der Waals surface area contributed by atoms with Crippen LogP contribution in [0.4, 0.5) is 0 Å². The van der Waals surface area contributed by atoms with Crippen molar-refractivity contribution in [3.63, 3.8) is 0 Å². The van der Waals surface area contributed by atoms with Crippen molar-refractivity contribution in [1.29, 1.82) is 0 Å². The number of nitrogens with zero attached hydrogens (tertiary/aromatic N) is 2. The van der Waals surface area contributed by atoms with Crippen LogP contribution in [0.1, 0.15) is 49.8 Å². The normalized spacial score (nSPS) is 25.1. The molecule has 3 aliphatic rings. The Morgan fingerprint density at radius 3 is 2.93 bits per heavy atom. The zero-order valence-electron chi connectivity index (χ0n) is 16.3. The van der Waals surface area contributed by atoms with Crippen molar-refractivity contribution in [1.82, 2.24) is 4.90 Å². The van der Waals surface area contributed by atoms with Crippen molar-refractivity contribution < 1.29 is 19.4 Å². The van der Waals surface area contributed by atoms with E-state index in [4.69, 9.17) is 14.2 Å². The molecule has 2 atom stereocenters. The standard InChI is InChI=1S/C21H28N2O4/c1-13-4-6-14(7-5-13)16(22-24)11-17-19-15(8-9-23(17)2)10-18-20(21(19)25-3)27-12-26-18/h4,10,14,17,24H,5-9,11-12H2,1-3H3/t14-,17+/m0/s1. The Kier molecular flexibility index (Phi) is 5.00. The molecule has 2 aliphatic heterocycles. The van der Waals surface area contributed by atoms with Crippen molar-refractivity contribution in [2.45, 2.75) is 45.1 Å². The smallest absolute Gasteiger partial charge is 0.231 e. The SMILES string of the molecule is COc1c2c(cc3c1[C@@H](CC(=NO)[C@H]1CC=C(C)CC1)N(C)CC3)OCO2. The Bertz CT molecular complexity index is 787. The van der Waals surface area contributed by atoms with Gasteiger partial charge in [0.15, 0.2) is 11.5 Å². The fraction of sp³-hybridized carbons (Fsp3) is 0.571. The first kappa shape index (κ1) is 18.2. The second kappa shape index (κ2) is 7.43. The van der Waals surface area contributed by atoms with E-state index in [1.54, 1.807) is 7.11 Å². The van der Waals surface area contributed by atoms with Crippen LogP contribution in [0, 0.1) is 5.92 Å². The maximum atomic E-state index is 9.76. The van der Waals surface area contributed by atoms with Gasteiger partial charge >= 0.3 is 0 Å². The Balaban J connectivity index is 1.68. The van der Waals surface area contributed by atoms with Crippen LogP contribution in [-0.4, -0.2) is 43.3 Å². The molecule has 1 aliphatic carbocycles. The first-order valence-electron chi connectivity index (χ1n) is 9.68. The lowest BCUT2D eigenvalue weighted by Gasteiger charge is -2.37. The summed E-state index contributed by atoms with van der Waals surface area (Å²) in [5.41, 5.74) is 4.68. The predicted molar refractivity (Wildman–Crippen MR) is 103 cm³/mol. The molecule has 1 aromatic rings. The highest BCUT2D eigenvalue weighted by molar-refractivity contribution is 5.87. The molecule has 6 heteroatoms. The summed E-state index contributed by atoms with van der Waals surface area (Å²) in [4.78, 5) is 2.32. The van der Waals surface area contributed by atoms with Crippen LogP contribution < -0.4 is 14.2 Å². The maximum absolute atomic E-state index is 9.76. The van der Waals surface area contributed by atoms with Crippen molar-refractivity contribution in [3.05, 3.63) is 28.8 Å². The number of benzene rings is 1. The number of likely N-dealkylation sites (N-methyl/N-ethyl adjacent to an activating group) is 1. The van der Waals surface area contributed by atoms with Crippen LogP contribution in [0.2, 0.25) is 0 Å². The summed E-state index contributed by atoms with van der Waals surface area (Å²) in [6.45, 7) is 3.35. The summed E-state index contributed by atoms with van der Waals surface area (Å²) in [6.07, 6.45) is 6.97. The molecule has 0 fully saturated rings. The summed E-state index contributed by atoms with van der Waals surface area (Å²) < 4.78 is 17.0. The molecule has 0 radical (unpaired) electrons. The number of hydrogen-bond donors (Lipinski definition) is 1. The lowest BCUT2D eigenvalue weighted by atomic mass is 9.81. The molecule has 146 valence electrons. The average molecular weight is 372 g/mol. The molecule has 1 aromatic carbocycles. The Hall–Kier alpha value is -2.21. The fourth-order valence-corrected chi connectivity index (χ4v) is 4.54. The zero-order chi connectivity index (χ0) is 19.0. The zero-order valence-corrected chi connectivity index (χ0v) is 16.3. The molecule has 4 rings (SSSR count). The highest BCUT2D eigenvalue weighted by Crippen LogP contribution is 2.50. The molecule has 0 amide bonds. The topological polar surface area (TPSA) is 63.5 Å². The second-order valence-electron chi connectivity index (χ2n) is 7.78. The minimum atomic E-state index is 0.0936. The van der Waals surface area contributed by atoms with E-state index in [1.165, 1.54) is 11.1 Å². The van der Waals surface area contributed by atoms with E-state index >= 15 is 0 Å². The number of ether oxygens (including phenoxy) is 3. The third kappa shape index (κ3) is 3.27. The highest BCUT2D eigenvalue weighted by Gasteiger charge is 2.35. The molecule has 6 nitrogen and oxygen atoms in total. The van der Waals surface area contributed by atoms with Crippen LogP contribution >= 0.6 is 0 Å². The first-order chi connectivity index (χ1) is 13.1. The van der Waals surface area contributed by atoms with Gasteiger partial charge in [-0.3, -0.25) is 4.90 Å². The minimum Gasteiger partial charge on any atom is -0.492 e. The molecule has 27 heavy (non-hydrogen) atoms. The molecule has 2 heterocycles. The Morgan fingerprint density at radius 1 is 1.37 bits per heavy atom. The average Bonchev–Trinajstić information content (AvgIpc) is 3.15. The van der Waals surface area contributed by atoms with Crippen LogP contribution in [-0.2, 0) is 6.42 Å². The third-order valence-corrected chi connectivity index (χ3v) is 6.19. The molecule has 0 saturated carbocycles. The highest BCUT2D eigenvalue weighted by atomic mass is 16.7. The van der Waals surface area contributed by atoms with Crippen molar-refractivity contribution in [3.8, 4) is 17.2 Å². The van der Waals surface area contributed by atoms with E-state index in [0.29, 0.717) is 18.1 Å². The minimum absolute atomic E-state index is 0.0936. The number of allylic oxidation sites excluding steroid dienone is 2. The monoisotopic (exact) mass is 372 g/mol. The Morgan fingerprint density at radius 2 is 2.22 bits per heavy atom. The van der Waals surface area contributed by atoms with E-state index in [2.05, 4.69) is 36.2 Å². The van der Waals surface area contributed by atoms with Gasteiger partial charge in [-0.05, 0) is 51.3 Å². The van der Waals surface area contributed by atoms with Gasteiger partial charge in [-0.15, -0.1) is 0 Å². The van der Waals surface area contributed by atoms with E-state index in [-0.39, 0.29) is 12.8 Å². The van der Waals surface area contributed by atoms with Gasteiger partial charge in [-0.25, -0.2) is 0 Å². The summed E-state index contributed by atoms with van der Waals surface area (Å²) in [5.74, 6) is 2.51. The summed E-state index contributed by atoms with van der Waals surface area (Å²) >= 11 is 0. The predicted octanol–water partition coefficient (Wildman–Crippen LogP) is 3.92. The van der Waals surface area contributed by atoms with Crippen LogP contribution in [0.5, 0.6) is 17.2 Å². The molecule has 0 spiro atoms. The molecular weight excluding hydrogens is 344 g/mol. The lowest BCUT2D eigenvalue weighted by Crippen LogP contribution is -2.35. The quantitative estimate of drug-likeness (QED) is 0.376. The number of methoxy groups -OCH3 is 1. The van der Waals surface area contributed by atoms with E-state index in [0.717, 1.165) is 55.0 Å². The molecule has 1 N–H and O–H groups in total. The third-order valence-electron chi connectivity index (χ3n) is 6.19.